The molecule has 1 aliphatic heterocycles. The van der Waals surface area contributed by atoms with Gasteiger partial charge >= 0.3 is 5.97 Å². The second kappa shape index (κ2) is 4.72. The zero-order valence-electron chi connectivity index (χ0n) is 9.96. The summed E-state index contributed by atoms with van der Waals surface area (Å²) in [5.41, 5.74) is -0.170. The topological polar surface area (TPSA) is 61.4 Å². The molecule has 4 heteroatoms. The van der Waals surface area contributed by atoms with Crippen LogP contribution < -0.4 is 10.6 Å². The van der Waals surface area contributed by atoms with Crippen LogP contribution in [-0.2, 0) is 4.79 Å². The van der Waals surface area contributed by atoms with Crippen LogP contribution in [0.3, 0.4) is 0 Å². The lowest BCUT2D eigenvalue weighted by molar-refractivity contribution is -0.139. The molecule has 0 spiro atoms. The summed E-state index contributed by atoms with van der Waals surface area (Å²) in [6.45, 7) is 3.89. The zero-order valence-corrected chi connectivity index (χ0v) is 9.96. The van der Waals surface area contributed by atoms with Gasteiger partial charge in [-0.1, -0.05) is 6.92 Å². The Morgan fingerprint density at radius 3 is 2.44 bits per heavy atom. The summed E-state index contributed by atoms with van der Waals surface area (Å²) in [6, 6.07) is 0.526. The lowest BCUT2D eigenvalue weighted by Crippen LogP contribution is -2.70. The van der Waals surface area contributed by atoms with Gasteiger partial charge in [-0.15, -0.1) is 0 Å². The van der Waals surface area contributed by atoms with Crippen molar-refractivity contribution in [3.8, 4) is 0 Å². The average Bonchev–Trinajstić information content (AvgIpc) is 2.17. The third-order valence-electron chi connectivity index (χ3n) is 3.94. The van der Waals surface area contributed by atoms with Crippen molar-refractivity contribution in [1.82, 2.24) is 10.6 Å². The first-order valence-corrected chi connectivity index (χ1v) is 6.30. The van der Waals surface area contributed by atoms with E-state index >= 15 is 0 Å². The predicted octanol–water partition coefficient (Wildman–Crippen LogP) is 0.971. The summed E-state index contributed by atoms with van der Waals surface area (Å²) in [5, 5.41) is 15.7. The van der Waals surface area contributed by atoms with Crippen molar-refractivity contribution in [3.63, 3.8) is 0 Å². The Labute approximate surface area is 96.8 Å². The van der Waals surface area contributed by atoms with Gasteiger partial charge in [0.2, 0.25) is 0 Å². The molecule has 2 rings (SSSR count). The average molecular weight is 226 g/mol. The van der Waals surface area contributed by atoms with Gasteiger partial charge in [0.15, 0.2) is 0 Å². The fourth-order valence-corrected chi connectivity index (χ4v) is 2.83. The fourth-order valence-electron chi connectivity index (χ4n) is 2.83. The van der Waals surface area contributed by atoms with Gasteiger partial charge in [-0.3, -0.25) is 4.79 Å². The van der Waals surface area contributed by atoms with Gasteiger partial charge in [0, 0.05) is 19.1 Å². The van der Waals surface area contributed by atoms with Crippen molar-refractivity contribution < 1.29 is 9.90 Å². The molecule has 0 atom stereocenters. The molecular weight excluding hydrogens is 204 g/mol. The highest BCUT2D eigenvalue weighted by atomic mass is 16.4. The fraction of sp³-hybridized carbons (Fsp3) is 0.917. The van der Waals surface area contributed by atoms with Crippen LogP contribution in [0, 0.1) is 5.92 Å². The van der Waals surface area contributed by atoms with Gasteiger partial charge in [-0.2, -0.15) is 0 Å². The Kier molecular flexibility index (Phi) is 3.50. The van der Waals surface area contributed by atoms with Gasteiger partial charge in [-0.05, 0) is 31.6 Å². The Morgan fingerprint density at radius 1 is 1.38 bits per heavy atom. The highest BCUT2D eigenvalue weighted by Gasteiger charge is 2.40. The highest BCUT2D eigenvalue weighted by Crippen LogP contribution is 2.26. The normalized spacial score (nSPS) is 33.1. The number of hydrogen-bond acceptors (Lipinski definition) is 3. The molecular formula is C12H22N2O2. The maximum atomic E-state index is 10.8. The Bertz CT molecular complexity index is 256. The molecule has 1 heterocycles. The van der Waals surface area contributed by atoms with E-state index < -0.39 is 5.97 Å². The van der Waals surface area contributed by atoms with E-state index in [0.29, 0.717) is 6.04 Å². The van der Waals surface area contributed by atoms with Crippen LogP contribution in [0.15, 0.2) is 0 Å². The minimum absolute atomic E-state index is 0.170. The molecule has 0 aromatic carbocycles. The molecule has 3 N–H and O–H groups in total. The highest BCUT2D eigenvalue weighted by molar-refractivity contribution is 5.68. The zero-order chi connectivity index (χ0) is 11.6. The van der Waals surface area contributed by atoms with Crippen molar-refractivity contribution >= 4 is 5.97 Å². The van der Waals surface area contributed by atoms with E-state index in [-0.39, 0.29) is 12.0 Å². The molecule has 16 heavy (non-hydrogen) atoms. The maximum Gasteiger partial charge on any atom is 0.305 e. The Hall–Kier alpha value is -0.610. The number of carboxylic acid groups (broad SMARTS) is 1. The van der Waals surface area contributed by atoms with E-state index in [0.717, 1.165) is 19.0 Å². The molecule has 0 radical (unpaired) electrons. The van der Waals surface area contributed by atoms with E-state index in [2.05, 4.69) is 17.6 Å². The molecule has 2 fully saturated rings. The number of aliphatic carboxylic acids is 1. The van der Waals surface area contributed by atoms with Crippen molar-refractivity contribution in [3.05, 3.63) is 0 Å². The SMILES string of the molecule is CC1CCC(NC2(CC(=O)O)CNC2)CC1. The lowest BCUT2D eigenvalue weighted by Gasteiger charge is -2.46. The third kappa shape index (κ3) is 2.74. The summed E-state index contributed by atoms with van der Waals surface area (Å²) in [7, 11) is 0. The van der Waals surface area contributed by atoms with Crippen LogP contribution in [0.2, 0.25) is 0 Å². The van der Waals surface area contributed by atoms with Crippen LogP contribution >= 0.6 is 0 Å². The standard InChI is InChI=1S/C12H22N2O2/c1-9-2-4-10(5-3-9)14-12(6-11(15)16)7-13-8-12/h9-10,13-14H,2-8H2,1H3,(H,15,16). The van der Waals surface area contributed by atoms with Gasteiger partial charge in [-0.25, -0.2) is 0 Å². The van der Waals surface area contributed by atoms with Crippen LogP contribution in [0.4, 0.5) is 0 Å². The quantitative estimate of drug-likeness (QED) is 0.668. The van der Waals surface area contributed by atoms with Crippen LogP contribution in [0.1, 0.15) is 39.0 Å². The monoisotopic (exact) mass is 226 g/mol. The summed E-state index contributed by atoms with van der Waals surface area (Å²) in [5.74, 6) is 0.145. The molecule has 0 unspecified atom stereocenters. The van der Waals surface area contributed by atoms with Crippen molar-refractivity contribution in [2.45, 2.75) is 50.6 Å². The number of rotatable bonds is 4. The minimum atomic E-state index is -0.696. The van der Waals surface area contributed by atoms with E-state index in [9.17, 15) is 4.79 Å². The number of hydrogen-bond donors (Lipinski definition) is 3. The minimum Gasteiger partial charge on any atom is -0.481 e. The van der Waals surface area contributed by atoms with E-state index in [4.69, 9.17) is 5.11 Å². The third-order valence-corrected chi connectivity index (χ3v) is 3.94. The summed E-state index contributed by atoms with van der Waals surface area (Å²) < 4.78 is 0. The first-order valence-electron chi connectivity index (χ1n) is 6.30. The summed E-state index contributed by atoms with van der Waals surface area (Å²) >= 11 is 0. The maximum absolute atomic E-state index is 10.8. The first kappa shape index (κ1) is 11.9. The van der Waals surface area contributed by atoms with Crippen molar-refractivity contribution in [2.24, 2.45) is 5.92 Å². The largest absolute Gasteiger partial charge is 0.481 e. The van der Waals surface area contributed by atoms with E-state index in [1.165, 1.54) is 25.7 Å². The molecule has 0 aromatic heterocycles. The molecule has 92 valence electrons. The summed E-state index contributed by atoms with van der Waals surface area (Å²) in [4.78, 5) is 10.8. The van der Waals surface area contributed by atoms with Crippen LogP contribution in [-0.4, -0.2) is 35.7 Å². The van der Waals surface area contributed by atoms with Crippen molar-refractivity contribution in [2.75, 3.05) is 13.1 Å². The lowest BCUT2D eigenvalue weighted by atomic mass is 9.82. The second-order valence-corrected chi connectivity index (χ2v) is 5.56. The van der Waals surface area contributed by atoms with E-state index in [1.807, 2.05) is 0 Å². The second-order valence-electron chi connectivity index (χ2n) is 5.56. The molecule has 1 saturated carbocycles. The van der Waals surface area contributed by atoms with E-state index in [1.54, 1.807) is 0 Å². The van der Waals surface area contributed by atoms with Crippen LogP contribution in [0.5, 0.6) is 0 Å². The molecule has 4 nitrogen and oxygen atoms in total. The number of carbonyl (C=O) groups is 1. The molecule has 1 aliphatic carbocycles. The Morgan fingerprint density at radius 2 is 2.00 bits per heavy atom. The smallest absolute Gasteiger partial charge is 0.305 e. The molecule has 2 aliphatic rings. The van der Waals surface area contributed by atoms with Gasteiger partial charge < -0.3 is 15.7 Å². The molecule has 1 saturated heterocycles. The predicted molar refractivity (Wildman–Crippen MR) is 62.4 cm³/mol. The molecule has 0 amide bonds. The van der Waals surface area contributed by atoms with Gasteiger partial charge in [0.25, 0.3) is 0 Å². The summed E-state index contributed by atoms with van der Waals surface area (Å²) in [6.07, 6.45) is 5.18. The van der Waals surface area contributed by atoms with Gasteiger partial charge in [0.1, 0.15) is 0 Å². The van der Waals surface area contributed by atoms with Crippen LogP contribution in [0.25, 0.3) is 0 Å². The van der Waals surface area contributed by atoms with Crippen molar-refractivity contribution in [1.29, 1.82) is 0 Å². The molecule has 0 aromatic rings. The number of carboxylic acids is 1. The van der Waals surface area contributed by atoms with Gasteiger partial charge in [0.05, 0.1) is 12.0 Å². The Balaban J connectivity index is 1.84. The number of nitrogens with one attached hydrogen (secondary N) is 2. The molecule has 0 bridgehead atoms. The first-order chi connectivity index (χ1) is 7.60.